The zero-order chi connectivity index (χ0) is 14.3. The lowest BCUT2D eigenvalue weighted by Crippen LogP contribution is -2.19. The molecular formula is C14H26O5. The van der Waals surface area contributed by atoms with Crippen molar-refractivity contribution in [1.82, 2.24) is 0 Å². The molecule has 1 aliphatic heterocycles. The van der Waals surface area contributed by atoms with Gasteiger partial charge in [0.2, 0.25) is 0 Å². The molecule has 5 heteroatoms. The zero-order valence-corrected chi connectivity index (χ0v) is 12.4. The molecular weight excluding hydrogens is 248 g/mol. The Hall–Kier alpha value is -0.650. The molecule has 0 N–H and O–H groups in total. The fourth-order valence-electron chi connectivity index (χ4n) is 1.82. The summed E-state index contributed by atoms with van der Waals surface area (Å²) in [6, 6.07) is 0. The second-order valence-corrected chi connectivity index (χ2v) is 5.44. The molecule has 0 aromatic heterocycles. The van der Waals surface area contributed by atoms with E-state index in [1.807, 2.05) is 0 Å². The minimum atomic E-state index is -0.315. The number of esters is 1. The van der Waals surface area contributed by atoms with Crippen molar-refractivity contribution in [3.63, 3.8) is 0 Å². The number of rotatable bonds is 10. The number of carbonyl (C=O) groups excluding carboxylic acids is 1. The summed E-state index contributed by atoms with van der Waals surface area (Å²) in [6.45, 7) is 7.62. The third-order valence-electron chi connectivity index (χ3n) is 3.56. The lowest BCUT2D eigenvalue weighted by atomic mass is 9.96. The normalized spacial score (nSPS) is 27.1. The van der Waals surface area contributed by atoms with Crippen LogP contribution >= 0.6 is 0 Å². The van der Waals surface area contributed by atoms with Gasteiger partial charge in [0.15, 0.2) is 0 Å². The van der Waals surface area contributed by atoms with Gasteiger partial charge in [-0.05, 0) is 32.6 Å². The second kappa shape index (κ2) is 7.82. The number of hydrogen-bond acceptors (Lipinski definition) is 5. The fourth-order valence-corrected chi connectivity index (χ4v) is 1.82. The Morgan fingerprint density at radius 2 is 2.11 bits per heavy atom. The van der Waals surface area contributed by atoms with E-state index < -0.39 is 0 Å². The minimum Gasteiger partial charge on any atom is -0.464 e. The van der Waals surface area contributed by atoms with Crippen molar-refractivity contribution in [2.45, 2.75) is 45.3 Å². The van der Waals surface area contributed by atoms with Crippen LogP contribution in [-0.2, 0) is 23.7 Å². The van der Waals surface area contributed by atoms with Gasteiger partial charge in [-0.3, -0.25) is 0 Å². The van der Waals surface area contributed by atoms with E-state index >= 15 is 0 Å². The van der Waals surface area contributed by atoms with Crippen molar-refractivity contribution in [2.75, 3.05) is 33.5 Å². The molecule has 0 amide bonds. The molecule has 0 radical (unpaired) electrons. The molecule has 0 aromatic rings. The SMILES string of the molecule is COCCOCC(=O)OCC(C)CCC1(C)OC1C. The van der Waals surface area contributed by atoms with Gasteiger partial charge < -0.3 is 18.9 Å². The Morgan fingerprint density at radius 3 is 2.68 bits per heavy atom. The first-order valence-corrected chi connectivity index (χ1v) is 6.88. The van der Waals surface area contributed by atoms with Crippen LogP contribution in [0.5, 0.6) is 0 Å². The maximum absolute atomic E-state index is 11.4. The lowest BCUT2D eigenvalue weighted by Gasteiger charge is -2.13. The second-order valence-electron chi connectivity index (χ2n) is 5.44. The van der Waals surface area contributed by atoms with Crippen LogP contribution in [0.4, 0.5) is 0 Å². The predicted octanol–water partition coefficient (Wildman–Crippen LogP) is 1.79. The van der Waals surface area contributed by atoms with Crippen molar-refractivity contribution in [3.05, 3.63) is 0 Å². The molecule has 0 bridgehead atoms. The van der Waals surface area contributed by atoms with Gasteiger partial charge in [-0.15, -0.1) is 0 Å². The van der Waals surface area contributed by atoms with E-state index in [-0.39, 0.29) is 18.2 Å². The monoisotopic (exact) mass is 274 g/mol. The van der Waals surface area contributed by atoms with Crippen molar-refractivity contribution >= 4 is 5.97 Å². The van der Waals surface area contributed by atoms with E-state index in [1.165, 1.54) is 0 Å². The van der Waals surface area contributed by atoms with Crippen LogP contribution in [0.2, 0.25) is 0 Å². The van der Waals surface area contributed by atoms with Gasteiger partial charge >= 0.3 is 5.97 Å². The number of methoxy groups -OCH3 is 1. The summed E-state index contributed by atoms with van der Waals surface area (Å²) in [6.07, 6.45) is 2.37. The van der Waals surface area contributed by atoms with Crippen LogP contribution in [0.15, 0.2) is 0 Å². The molecule has 3 unspecified atom stereocenters. The van der Waals surface area contributed by atoms with E-state index in [4.69, 9.17) is 18.9 Å². The summed E-state index contributed by atoms with van der Waals surface area (Å²) in [4.78, 5) is 11.4. The number of ether oxygens (including phenoxy) is 4. The van der Waals surface area contributed by atoms with Gasteiger partial charge in [0.1, 0.15) is 6.61 Å². The summed E-state index contributed by atoms with van der Waals surface area (Å²) >= 11 is 0. The molecule has 0 aliphatic carbocycles. The largest absolute Gasteiger partial charge is 0.464 e. The first kappa shape index (κ1) is 16.4. The van der Waals surface area contributed by atoms with Gasteiger partial charge in [-0.25, -0.2) is 4.79 Å². The smallest absolute Gasteiger partial charge is 0.332 e. The van der Waals surface area contributed by atoms with Gasteiger partial charge in [0.25, 0.3) is 0 Å². The summed E-state index contributed by atoms with van der Waals surface area (Å²) < 4.78 is 20.6. The van der Waals surface area contributed by atoms with Gasteiger partial charge in [-0.1, -0.05) is 6.92 Å². The highest BCUT2D eigenvalue weighted by Gasteiger charge is 2.48. The Bertz CT molecular complexity index is 281. The molecule has 1 fully saturated rings. The molecule has 3 atom stereocenters. The van der Waals surface area contributed by atoms with Crippen molar-refractivity contribution in [2.24, 2.45) is 5.92 Å². The Morgan fingerprint density at radius 1 is 1.42 bits per heavy atom. The van der Waals surface area contributed by atoms with E-state index in [9.17, 15) is 4.79 Å². The quantitative estimate of drug-likeness (QED) is 0.345. The zero-order valence-electron chi connectivity index (χ0n) is 12.4. The van der Waals surface area contributed by atoms with Gasteiger partial charge in [0, 0.05) is 7.11 Å². The van der Waals surface area contributed by atoms with E-state index in [1.54, 1.807) is 7.11 Å². The molecule has 1 saturated heterocycles. The van der Waals surface area contributed by atoms with E-state index in [0.29, 0.717) is 31.8 Å². The number of hydrogen-bond donors (Lipinski definition) is 0. The standard InChI is InChI=1S/C14H26O5/c1-11(5-6-14(3)12(2)19-14)9-18-13(15)10-17-8-7-16-4/h11-12H,5-10H2,1-4H3. The minimum absolute atomic E-state index is 0.00601. The first-order chi connectivity index (χ1) is 8.98. The van der Waals surface area contributed by atoms with Gasteiger partial charge in [0.05, 0.1) is 31.5 Å². The van der Waals surface area contributed by atoms with Crippen LogP contribution in [0, 0.1) is 5.92 Å². The number of carbonyl (C=O) groups is 1. The molecule has 0 aromatic carbocycles. The van der Waals surface area contributed by atoms with Crippen molar-refractivity contribution < 1.29 is 23.7 Å². The van der Waals surface area contributed by atoms with Crippen LogP contribution in [-0.4, -0.2) is 51.2 Å². The van der Waals surface area contributed by atoms with Crippen LogP contribution in [0.3, 0.4) is 0 Å². The van der Waals surface area contributed by atoms with E-state index in [0.717, 1.165) is 12.8 Å². The van der Waals surface area contributed by atoms with Gasteiger partial charge in [-0.2, -0.15) is 0 Å². The number of epoxide rings is 1. The molecule has 112 valence electrons. The highest BCUT2D eigenvalue weighted by Crippen LogP contribution is 2.40. The Labute approximate surface area is 115 Å². The van der Waals surface area contributed by atoms with Crippen LogP contribution < -0.4 is 0 Å². The van der Waals surface area contributed by atoms with Crippen LogP contribution in [0.25, 0.3) is 0 Å². The first-order valence-electron chi connectivity index (χ1n) is 6.88. The highest BCUT2D eigenvalue weighted by atomic mass is 16.6. The summed E-state index contributed by atoms with van der Waals surface area (Å²) in [5, 5.41) is 0. The predicted molar refractivity (Wildman–Crippen MR) is 71.0 cm³/mol. The highest BCUT2D eigenvalue weighted by molar-refractivity contribution is 5.70. The molecule has 0 spiro atoms. The molecule has 1 heterocycles. The van der Waals surface area contributed by atoms with Crippen molar-refractivity contribution in [3.8, 4) is 0 Å². The average molecular weight is 274 g/mol. The molecule has 1 rings (SSSR count). The molecule has 19 heavy (non-hydrogen) atoms. The third kappa shape index (κ3) is 6.36. The average Bonchev–Trinajstić information content (AvgIpc) is 2.98. The topological polar surface area (TPSA) is 57.3 Å². The molecule has 0 saturated carbocycles. The summed E-state index contributed by atoms with van der Waals surface area (Å²) in [7, 11) is 1.59. The maximum Gasteiger partial charge on any atom is 0.332 e. The van der Waals surface area contributed by atoms with Crippen molar-refractivity contribution in [1.29, 1.82) is 0 Å². The van der Waals surface area contributed by atoms with Crippen LogP contribution in [0.1, 0.15) is 33.6 Å². The molecule has 5 nitrogen and oxygen atoms in total. The van der Waals surface area contributed by atoms with E-state index in [2.05, 4.69) is 20.8 Å². The maximum atomic E-state index is 11.4. The third-order valence-corrected chi connectivity index (χ3v) is 3.56. The summed E-state index contributed by atoms with van der Waals surface area (Å²) in [5.41, 5.74) is 0.0432. The Kier molecular flexibility index (Phi) is 6.75. The molecule has 1 aliphatic rings. The fraction of sp³-hybridized carbons (Fsp3) is 0.929. The Balaban J connectivity index is 1.99. The summed E-state index contributed by atoms with van der Waals surface area (Å²) in [5.74, 6) is 0.0290. The lowest BCUT2D eigenvalue weighted by molar-refractivity contribution is -0.150.